The molecule has 0 bridgehead atoms. The minimum atomic E-state index is -1.25. The molecule has 9 nitrogen and oxygen atoms in total. The molecule has 0 spiro atoms. The second kappa shape index (κ2) is 8.58. The minimum Gasteiger partial charge on any atom is -0.467 e. The Morgan fingerprint density at radius 1 is 1.26 bits per heavy atom. The normalized spacial score (nSPS) is 18.1. The number of carbonyl (C=O) groups excluding carboxylic acids is 3. The van der Waals surface area contributed by atoms with E-state index >= 15 is 0 Å². The number of methoxy groups -OCH3 is 1. The second-order valence-electron chi connectivity index (χ2n) is 8.71. The van der Waals surface area contributed by atoms with Gasteiger partial charge in [0.1, 0.15) is 11.6 Å². The van der Waals surface area contributed by atoms with E-state index in [2.05, 4.69) is 15.0 Å². The molecule has 9 heteroatoms. The molecule has 0 radical (unpaired) electrons. The van der Waals surface area contributed by atoms with Crippen LogP contribution in [0.25, 0.3) is 10.9 Å². The Labute approximate surface area is 180 Å². The molecule has 0 fully saturated rings. The summed E-state index contributed by atoms with van der Waals surface area (Å²) in [5.74, 6) is -1.34. The standard InChI is InChI=1S/C22H29N3O6/c1-12(26)18(20(28)30-5)24-19(27)17-10-14-13-8-6-7-9-15(13)23-16(14)11-25(17)21(29)31-22(2,3)4/h6-9,12,17-18,23,26H,10-11H2,1-5H3,(H,24,27)/t12?,17-,18-/m0/s1. The molecule has 3 rings (SSSR count). The van der Waals surface area contributed by atoms with Crippen LogP contribution in [0.4, 0.5) is 4.79 Å². The third kappa shape index (κ3) is 4.82. The van der Waals surface area contributed by atoms with Gasteiger partial charge < -0.3 is 24.9 Å². The fourth-order valence-electron chi connectivity index (χ4n) is 3.71. The highest BCUT2D eigenvalue weighted by atomic mass is 16.6. The van der Waals surface area contributed by atoms with Crippen molar-refractivity contribution in [3.63, 3.8) is 0 Å². The Morgan fingerprint density at radius 3 is 2.55 bits per heavy atom. The first-order chi connectivity index (χ1) is 14.5. The molecule has 31 heavy (non-hydrogen) atoms. The molecule has 168 valence electrons. The van der Waals surface area contributed by atoms with Crippen molar-refractivity contribution in [3.05, 3.63) is 35.5 Å². The van der Waals surface area contributed by atoms with Gasteiger partial charge in [0.25, 0.3) is 0 Å². The van der Waals surface area contributed by atoms with Gasteiger partial charge >= 0.3 is 12.1 Å². The summed E-state index contributed by atoms with van der Waals surface area (Å²) in [6.07, 6.45) is -1.57. The Balaban J connectivity index is 1.96. The summed E-state index contributed by atoms with van der Waals surface area (Å²) < 4.78 is 10.2. The van der Waals surface area contributed by atoms with Gasteiger partial charge in [0.2, 0.25) is 5.91 Å². The Hall–Kier alpha value is -3.07. The Kier molecular flexibility index (Phi) is 6.26. The predicted molar refractivity (Wildman–Crippen MR) is 113 cm³/mol. The van der Waals surface area contributed by atoms with E-state index in [0.717, 1.165) is 22.2 Å². The smallest absolute Gasteiger partial charge is 0.411 e. The average Bonchev–Trinajstić information content (AvgIpc) is 3.06. The van der Waals surface area contributed by atoms with Crippen molar-refractivity contribution in [3.8, 4) is 0 Å². The summed E-state index contributed by atoms with van der Waals surface area (Å²) in [5, 5.41) is 13.4. The first-order valence-corrected chi connectivity index (χ1v) is 10.2. The summed E-state index contributed by atoms with van der Waals surface area (Å²) in [7, 11) is 1.18. The number of carbonyl (C=O) groups is 3. The lowest BCUT2D eigenvalue weighted by Crippen LogP contribution is -2.58. The van der Waals surface area contributed by atoms with E-state index in [0.29, 0.717) is 0 Å². The number of nitrogens with one attached hydrogen (secondary N) is 2. The number of benzene rings is 1. The number of rotatable bonds is 4. The van der Waals surface area contributed by atoms with E-state index in [4.69, 9.17) is 4.74 Å². The van der Waals surface area contributed by atoms with Crippen molar-refractivity contribution in [2.45, 2.75) is 64.4 Å². The molecule has 2 amide bonds. The summed E-state index contributed by atoms with van der Waals surface area (Å²) >= 11 is 0. The molecule has 3 N–H and O–H groups in total. The van der Waals surface area contributed by atoms with Crippen molar-refractivity contribution in [1.29, 1.82) is 0 Å². The van der Waals surface area contributed by atoms with Crippen LogP contribution in [0.5, 0.6) is 0 Å². The van der Waals surface area contributed by atoms with E-state index in [-0.39, 0.29) is 13.0 Å². The third-order valence-corrected chi connectivity index (χ3v) is 5.17. The van der Waals surface area contributed by atoms with Crippen molar-refractivity contribution in [2.75, 3.05) is 7.11 Å². The molecule has 2 aromatic rings. The minimum absolute atomic E-state index is 0.147. The van der Waals surface area contributed by atoms with Crippen LogP contribution in [0.15, 0.2) is 24.3 Å². The highest BCUT2D eigenvalue weighted by Gasteiger charge is 2.40. The van der Waals surface area contributed by atoms with E-state index < -0.39 is 41.8 Å². The number of fused-ring (bicyclic) bond motifs is 3. The van der Waals surface area contributed by atoms with Crippen molar-refractivity contribution < 1.29 is 29.0 Å². The van der Waals surface area contributed by atoms with E-state index in [9.17, 15) is 19.5 Å². The van der Waals surface area contributed by atoms with Gasteiger partial charge in [0.15, 0.2) is 6.04 Å². The van der Waals surface area contributed by atoms with Crippen LogP contribution in [0.3, 0.4) is 0 Å². The maximum atomic E-state index is 13.2. The molecular formula is C22H29N3O6. The zero-order valence-electron chi connectivity index (χ0n) is 18.4. The molecule has 1 unspecified atom stereocenters. The number of nitrogens with zero attached hydrogens (tertiary/aromatic N) is 1. The molecule has 1 aliphatic rings. The van der Waals surface area contributed by atoms with Crippen LogP contribution in [0.1, 0.15) is 39.0 Å². The maximum Gasteiger partial charge on any atom is 0.411 e. The number of amides is 2. The lowest BCUT2D eigenvalue weighted by Gasteiger charge is -2.36. The van der Waals surface area contributed by atoms with E-state index in [1.54, 1.807) is 20.8 Å². The Morgan fingerprint density at radius 2 is 1.94 bits per heavy atom. The highest BCUT2D eigenvalue weighted by molar-refractivity contribution is 5.92. The van der Waals surface area contributed by atoms with Crippen molar-refractivity contribution in [2.24, 2.45) is 0 Å². The monoisotopic (exact) mass is 431 g/mol. The first-order valence-electron chi connectivity index (χ1n) is 10.2. The van der Waals surface area contributed by atoms with Crippen LogP contribution in [-0.4, -0.2) is 63.9 Å². The molecule has 1 aromatic carbocycles. The first kappa shape index (κ1) is 22.6. The van der Waals surface area contributed by atoms with Gasteiger partial charge in [-0.05, 0) is 39.3 Å². The number of aromatic amines is 1. The van der Waals surface area contributed by atoms with Gasteiger partial charge in [-0.15, -0.1) is 0 Å². The third-order valence-electron chi connectivity index (χ3n) is 5.17. The van der Waals surface area contributed by atoms with E-state index in [1.807, 2.05) is 24.3 Å². The summed E-state index contributed by atoms with van der Waals surface area (Å²) in [6, 6.07) is 5.53. The summed E-state index contributed by atoms with van der Waals surface area (Å²) in [4.78, 5) is 42.8. The number of aliphatic hydroxyl groups excluding tert-OH is 1. The highest BCUT2D eigenvalue weighted by Crippen LogP contribution is 2.31. The Bertz CT molecular complexity index is 991. The second-order valence-corrected chi connectivity index (χ2v) is 8.71. The fraction of sp³-hybridized carbons (Fsp3) is 0.500. The lowest BCUT2D eigenvalue weighted by atomic mass is 9.96. The fourth-order valence-corrected chi connectivity index (χ4v) is 3.71. The molecule has 1 aliphatic heterocycles. The quantitative estimate of drug-likeness (QED) is 0.636. The number of H-pyrrole nitrogens is 1. The number of hydrogen-bond donors (Lipinski definition) is 3. The predicted octanol–water partition coefficient (Wildman–Crippen LogP) is 1.87. The number of aliphatic hydroxyl groups is 1. The molecule has 2 heterocycles. The molecular weight excluding hydrogens is 402 g/mol. The van der Waals surface area contributed by atoms with Gasteiger partial charge in [-0.1, -0.05) is 18.2 Å². The molecule has 3 atom stereocenters. The number of esters is 1. The van der Waals surface area contributed by atoms with Crippen LogP contribution in [0.2, 0.25) is 0 Å². The number of hydrogen-bond acceptors (Lipinski definition) is 6. The topological polar surface area (TPSA) is 121 Å². The molecule has 1 aromatic heterocycles. The maximum absolute atomic E-state index is 13.2. The van der Waals surface area contributed by atoms with Gasteiger partial charge in [0.05, 0.1) is 19.8 Å². The SMILES string of the molecule is COC(=O)[C@@H](NC(=O)[C@@H]1Cc2c([nH]c3ccccc23)CN1C(=O)OC(C)(C)C)C(C)O. The molecule has 0 saturated carbocycles. The number of ether oxygens (including phenoxy) is 2. The largest absolute Gasteiger partial charge is 0.467 e. The van der Waals surface area contributed by atoms with Crippen LogP contribution < -0.4 is 5.32 Å². The van der Waals surface area contributed by atoms with Gasteiger partial charge in [-0.25, -0.2) is 9.59 Å². The van der Waals surface area contributed by atoms with Gasteiger partial charge in [-0.2, -0.15) is 0 Å². The van der Waals surface area contributed by atoms with Crippen molar-refractivity contribution in [1.82, 2.24) is 15.2 Å². The van der Waals surface area contributed by atoms with E-state index in [1.165, 1.54) is 18.9 Å². The summed E-state index contributed by atoms with van der Waals surface area (Å²) in [6.45, 7) is 6.78. The zero-order chi connectivity index (χ0) is 22.9. The number of para-hydroxylation sites is 1. The van der Waals surface area contributed by atoms with Gasteiger partial charge in [0, 0.05) is 23.0 Å². The van der Waals surface area contributed by atoms with Crippen molar-refractivity contribution >= 4 is 28.9 Å². The van der Waals surface area contributed by atoms with Crippen LogP contribution >= 0.6 is 0 Å². The van der Waals surface area contributed by atoms with Gasteiger partial charge in [-0.3, -0.25) is 9.69 Å². The lowest BCUT2D eigenvalue weighted by molar-refractivity contribution is -0.148. The molecule has 0 aliphatic carbocycles. The summed E-state index contributed by atoms with van der Waals surface area (Å²) in [5.41, 5.74) is 1.93. The molecule has 0 saturated heterocycles. The number of aromatic nitrogens is 1. The average molecular weight is 431 g/mol. The zero-order valence-corrected chi connectivity index (χ0v) is 18.4. The van der Waals surface area contributed by atoms with Crippen LogP contribution in [-0.2, 0) is 32.0 Å². The van der Waals surface area contributed by atoms with Crippen LogP contribution in [0, 0.1) is 0 Å².